The Hall–Kier alpha value is -3.07. The number of hydrogen-bond acceptors (Lipinski definition) is 7. The van der Waals surface area contributed by atoms with Gasteiger partial charge in [0.1, 0.15) is 19.8 Å². The van der Waals surface area contributed by atoms with Crippen LogP contribution >= 0.6 is 7.82 Å². The number of nitrogens with zero attached hydrogens (tertiary/aromatic N) is 1. The van der Waals surface area contributed by atoms with E-state index in [9.17, 15) is 19.0 Å². The summed E-state index contributed by atoms with van der Waals surface area (Å²) in [7, 11) is 1.47. The molecule has 0 fully saturated rings. The van der Waals surface area contributed by atoms with Gasteiger partial charge in [0.15, 0.2) is 6.10 Å². The van der Waals surface area contributed by atoms with E-state index >= 15 is 0 Å². The molecule has 0 aromatic carbocycles. The maximum absolute atomic E-state index is 12.9. The molecule has 2 unspecified atom stereocenters. The highest BCUT2D eigenvalue weighted by Gasteiger charge is 2.27. The molecule has 0 saturated carbocycles. The molecule has 9 nitrogen and oxygen atoms in total. The molecular formula is C76H137NO8P+. The van der Waals surface area contributed by atoms with Crippen LogP contribution in [0, 0.1) is 0 Å². The second-order valence-electron chi connectivity index (χ2n) is 25.3. The van der Waals surface area contributed by atoms with E-state index in [1.54, 1.807) is 0 Å². The van der Waals surface area contributed by atoms with E-state index in [1.165, 1.54) is 180 Å². The maximum Gasteiger partial charge on any atom is 0.472 e. The normalized spacial score (nSPS) is 13.7. The van der Waals surface area contributed by atoms with Gasteiger partial charge in [-0.3, -0.25) is 18.6 Å². The van der Waals surface area contributed by atoms with Crippen LogP contribution in [-0.2, 0) is 32.7 Å². The first-order valence-electron chi connectivity index (χ1n) is 36.0. The topological polar surface area (TPSA) is 108 Å². The number of esters is 2. The maximum atomic E-state index is 12.9. The molecule has 0 aromatic heterocycles. The van der Waals surface area contributed by atoms with Crippen LogP contribution in [0.15, 0.2) is 97.2 Å². The lowest BCUT2D eigenvalue weighted by Gasteiger charge is -2.24. The Labute approximate surface area is 532 Å². The zero-order valence-corrected chi connectivity index (χ0v) is 57.7. The SMILES string of the molecule is CC/C=C\C/C=C\C/C=C\C/C=C\C/C=C\C/C=C\C/C=C\C/C=C\CCCCCCCCC(=O)OC(COC(=O)CCCCCCCCCCCCCCCCCCCCCCCCCCCCCCCCC)COP(=O)(O)OCC[N+](C)(C)C. The van der Waals surface area contributed by atoms with Crippen LogP contribution in [0.3, 0.4) is 0 Å². The Bertz CT molecular complexity index is 1770. The first-order valence-corrected chi connectivity index (χ1v) is 37.5. The molecule has 0 heterocycles. The fraction of sp³-hybridized carbons (Fsp3) is 0.763. The zero-order chi connectivity index (χ0) is 62.6. The fourth-order valence-electron chi connectivity index (χ4n) is 10.2. The average molecular weight is 1220 g/mol. The van der Waals surface area contributed by atoms with Crippen molar-refractivity contribution in [3.8, 4) is 0 Å². The summed E-state index contributed by atoms with van der Waals surface area (Å²) in [5.41, 5.74) is 0. The number of carbonyl (C=O) groups excluding carboxylic acids is 2. The van der Waals surface area contributed by atoms with Crippen LogP contribution in [0.4, 0.5) is 0 Å². The number of likely N-dealkylation sites (N-methyl/N-ethyl adjacent to an activating group) is 1. The summed E-state index contributed by atoms with van der Waals surface area (Å²) in [6.07, 6.45) is 92.4. The van der Waals surface area contributed by atoms with Crippen LogP contribution in [0.25, 0.3) is 0 Å². The molecule has 86 heavy (non-hydrogen) atoms. The highest BCUT2D eigenvalue weighted by molar-refractivity contribution is 7.47. The second kappa shape index (κ2) is 66.4. The Kier molecular flexibility index (Phi) is 64.0. The predicted octanol–water partition coefficient (Wildman–Crippen LogP) is 23.5. The molecule has 0 aliphatic heterocycles. The number of carbonyl (C=O) groups is 2. The molecule has 0 aromatic rings. The van der Waals surface area contributed by atoms with Gasteiger partial charge in [-0.2, -0.15) is 0 Å². The Morgan fingerprint density at radius 3 is 0.988 bits per heavy atom. The van der Waals surface area contributed by atoms with Crippen molar-refractivity contribution in [2.24, 2.45) is 0 Å². The minimum absolute atomic E-state index is 0.0254. The largest absolute Gasteiger partial charge is 0.472 e. The van der Waals surface area contributed by atoms with Gasteiger partial charge in [-0.1, -0.05) is 329 Å². The summed E-state index contributed by atoms with van der Waals surface area (Å²) in [4.78, 5) is 35.9. The number of rotatable bonds is 66. The molecular weight excluding hydrogens is 1090 g/mol. The smallest absolute Gasteiger partial charge is 0.462 e. The van der Waals surface area contributed by atoms with Crippen LogP contribution in [0.2, 0.25) is 0 Å². The van der Waals surface area contributed by atoms with Gasteiger partial charge in [-0.25, -0.2) is 4.57 Å². The standard InChI is InChI=1S/C76H136NO8P/c1-6-8-10-12-14-16-18-20-22-24-26-28-30-32-34-36-38-40-42-44-46-48-50-52-54-56-58-60-62-64-66-68-75(78)82-72-74(73-84-86(80,81)83-71-70-77(3,4)5)85-76(79)69-67-65-63-61-59-57-55-53-51-49-47-45-43-41-39-37-35-33-31-29-27-25-23-21-19-17-15-13-11-9-7-2/h9,11,15,17,21,23,27,29,33,35,39,41,45,47,51,53,74H,6-8,10,12-14,16,18-20,22,24-26,28,30-32,34,36-38,40,42-44,46,48-50,52,54-73H2,1-5H3/p+1/b11-9-,17-15-,23-21-,29-27-,35-33-,41-39-,47-45-,53-51-. The third-order valence-electron chi connectivity index (χ3n) is 15.6. The molecule has 0 spiro atoms. The van der Waals surface area contributed by atoms with E-state index in [0.29, 0.717) is 17.4 Å². The minimum atomic E-state index is -4.40. The lowest BCUT2D eigenvalue weighted by atomic mass is 10.0. The van der Waals surface area contributed by atoms with E-state index in [0.717, 1.165) is 109 Å². The molecule has 498 valence electrons. The number of ether oxygens (including phenoxy) is 2. The van der Waals surface area contributed by atoms with Gasteiger partial charge in [-0.05, 0) is 77.0 Å². The summed E-state index contributed by atoms with van der Waals surface area (Å²) >= 11 is 0. The van der Waals surface area contributed by atoms with Crippen molar-refractivity contribution < 1.29 is 42.1 Å². The number of quaternary nitrogens is 1. The fourth-order valence-corrected chi connectivity index (χ4v) is 10.9. The van der Waals surface area contributed by atoms with Gasteiger partial charge in [0.2, 0.25) is 0 Å². The Morgan fingerprint density at radius 1 is 0.372 bits per heavy atom. The van der Waals surface area contributed by atoms with E-state index in [1.807, 2.05) is 21.1 Å². The summed E-state index contributed by atoms with van der Waals surface area (Å²) in [5, 5.41) is 0. The first-order chi connectivity index (χ1) is 42.0. The van der Waals surface area contributed by atoms with Gasteiger partial charge in [-0.15, -0.1) is 0 Å². The highest BCUT2D eigenvalue weighted by Crippen LogP contribution is 2.43. The molecule has 0 radical (unpaired) electrons. The van der Waals surface area contributed by atoms with Gasteiger partial charge in [0.05, 0.1) is 27.7 Å². The summed E-state index contributed by atoms with van der Waals surface area (Å²) in [6, 6.07) is 0. The first kappa shape index (κ1) is 82.9. The summed E-state index contributed by atoms with van der Waals surface area (Å²) in [6.45, 7) is 4.34. The van der Waals surface area contributed by atoms with Crippen molar-refractivity contribution in [1.29, 1.82) is 0 Å². The van der Waals surface area contributed by atoms with Crippen molar-refractivity contribution in [2.75, 3.05) is 47.5 Å². The number of unbranched alkanes of at least 4 members (excludes halogenated alkanes) is 36. The van der Waals surface area contributed by atoms with Crippen molar-refractivity contribution in [2.45, 2.75) is 328 Å². The minimum Gasteiger partial charge on any atom is -0.462 e. The van der Waals surface area contributed by atoms with Gasteiger partial charge < -0.3 is 18.9 Å². The van der Waals surface area contributed by atoms with Crippen molar-refractivity contribution in [3.63, 3.8) is 0 Å². The lowest BCUT2D eigenvalue weighted by Crippen LogP contribution is -2.37. The second-order valence-corrected chi connectivity index (χ2v) is 26.7. The summed E-state index contributed by atoms with van der Waals surface area (Å²) in [5.74, 6) is -0.807. The van der Waals surface area contributed by atoms with Crippen LogP contribution in [-0.4, -0.2) is 74.9 Å². The third kappa shape index (κ3) is 70.0. The number of phosphoric ester groups is 1. The Morgan fingerprint density at radius 2 is 0.663 bits per heavy atom. The van der Waals surface area contributed by atoms with E-state index in [-0.39, 0.29) is 32.0 Å². The van der Waals surface area contributed by atoms with E-state index < -0.39 is 26.5 Å². The molecule has 2 atom stereocenters. The monoisotopic (exact) mass is 1220 g/mol. The molecule has 0 saturated heterocycles. The lowest BCUT2D eigenvalue weighted by molar-refractivity contribution is -0.870. The predicted molar refractivity (Wildman–Crippen MR) is 372 cm³/mol. The summed E-state index contributed by atoms with van der Waals surface area (Å²) < 4.78 is 34.7. The molecule has 10 heteroatoms. The Balaban J connectivity index is 4.07. The van der Waals surface area contributed by atoms with Crippen LogP contribution in [0.5, 0.6) is 0 Å². The highest BCUT2D eigenvalue weighted by atomic mass is 31.2. The number of hydrogen-bond donors (Lipinski definition) is 1. The average Bonchev–Trinajstić information content (AvgIpc) is 3.56. The molecule has 0 aliphatic carbocycles. The van der Waals surface area contributed by atoms with Gasteiger partial charge in [0, 0.05) is 12.8 Å². The molecule has 0 rings (SSSR count). The van der Waals surface area contributed by atoms with Gasteiger partial charge in [0.25, 0.3) is 0 Å². The van der Waals surface area contributed by atoms with Gasteiger partial charge >= 0.3 is 19.8 Å². The van der Waals surface area contributed by atoms with E-state index in [4.69, 9.17) is 18.5 Å². The van der Waals surface area contributed by atoms with Crippen molar-refractivity contribution in [1.82, 2.24) is 0 Å². The van der Waals surface area contributed by atoms with Crippen LogP contribution in [0.1, 0.15) is 322 Å². The van der Waals surface area contributed by atoms with Crippen molar-refractivity contribution in [3.05, 3.63) is 97.2 Å². The van der Waals surface area contributed by atoms with E-state index in [2.05, 4.69) is 111 Å². The van der Waals surface area contributed by atoms with Crippen molar-refractivity contribution >= 4 is 19.8 Å². The zero-order valence-electron chi connectivity index (χ0n) is 56.8. The number of allylic oxidation sites excluding steroid dienone is 16. The van der Waals surface area contributed by atoms with Crippen LogP contribution < -0.4 is 0 Å². The molecule has 0 amide bonds. The molecule has 1 N–H and O–H groups in total. The molecule has 0 bridgehead atoms. The quantitative estimate of drug-likeness (QED) is 0.0211. The number of phosphoric acid groups is 1. The molecule has 0 aliphatic rings. The third-order valence-corrected chi connectivity index (χ3v) is 16.6.